The summed E-state index contributed by atoms with van der Waals surface area (Å²) in [4.78, 5) is 28.6. The fraction of sp³-hybridized carbons (Fsp3) is 0.889. The summed E-state index contributed by atoms with van der Waals surface area (Å²) < 4.78 is 5.45. The second kappa shape index (κ2) is 6.33. The number of carbonyl (C=O) groups is 2. The van der Waals surface area contributed by atoms with E-state index in [1.807, 2.05) is 20.8 Å². The molecule has 3 fully saturated rings. The van der Waals surface area contributed by atoms with E-state index in [2.05, 4.69) is 4.90 Å². The van der Waals surface area contributed by atoms with Gasteiger partial charge in [0.05, 0.1) is 0 Å². The predicted molar refractivity (Wildman–Crippen MR) is 88.0 cm³/mol. The van der Waals surface area contributed by atoms with Crippen molar-refractivity contribution < 1.29 is 14.3 Å². The van der Waals surface area contributed by atoms with E-state index in [1.165, 1.54) is 25.7 Å². The molecule has 0 bridgehead atoms. The van der Waals surface area contributed by atoms with Gasteiger partial charge in [0, 0.05) is 31.6 Å². The molecule has 2 amide bonds. The summed E-state index contributed by atoms with van der Waals surface area (Å²) >= 11 is 0. The van der Waals surface area contributed by atoms with E-state index in [0.717, 1.165) is 19.3 Å². The van der Waals surface area contributed by atoms with E-state index in [4.69, 9.17) is 4.74 Å². The minimum atomic E-state index is -0.450. The van der Waals surface area contributed by atoms with Crippen LogP contribution >= 0.6 is 0 Å². The van der Waals surface area contributed by atoms with Crippen LogP contribution in [0.15, 0.2) is 0 Å². The summed E-state index contributed by atoms with van der Waals surface area (Å²) in [5.41, 5.74) is -0.450. The molecule has 0 N–H and O–H groups in total. The maximum atomic E-state index is 12.5. The highest BCUT2D eigenvalue weighted by Gasteiger charge is 2.44. The molecule has 1 aliphatic carbocycles. The van der Waals surface area contributed by atoms with Crippen LogP contribution in [0, 0.1) is 5.92 Å². The number of rotatable bonds is 1. The van der Waals surface area contributed by atoms with Crippen LogP contribution in [0.5, 0.6) is 0 Å². The minimum absolute atomic E-state index is 0.223. The fourth-order valence-corrected chi connectivity index (χ4v) is 4.43. The number of ether oxygens (including phenoxy) is 1. The zero-order valence-electron chi connectivity index (χ0n) is 14.7. The van der Waals surface area contributed by atoms with Gasteiger partial charge in [-0.15, -0.1) is 0 Å². The Kier molecular flexibility index (Phi) is 4.56. The number of carbonyl (C=O) groups excluding carboxylic acids is 2. The lowest BCUT2D eigenvalue weighted by Gasteiger charge is -2.41. The van der Waals surface area contributed by atoms with Gasteiger partial charge in [0.2, 0.25) is 5.91 Å². The van der Waals surface area contributed by atoms with Crippen molar-refractivity contribution in [3.05, 3.63) is 0 Å². The first kappa shape index (κ1) is 16.6. The number of nitrogens with zero attached hydrogens (tertiary/aromatic N) is 2. The van der Waals surface area contributed by atoms with Gasteiger partial charge < -0.3 is 14.5 Å². The molecule has 5 heteroatoms. The van der Waals surface area contributed by atoms with Gasteiger partial charge >= 0.3 is 6.09 Å². The summed E-state index contributed by atoms with van der Waals surface area (Å²) in [6.45, 7) is 7.07. The Bertz CT molecular complexity index is 463. The molecule has 3 aliphatic rings. The molecule has 0 radical (unpaired) electrons. The van der Waals surface area contributed by atoms with Gasteiger partial charge in [0.15, 0.2) is 0 Å². The van der Waals surface area contributed by atoms with Gasteiger partial charge in [-0.05, 0) is 52.4 Å². The zero-order chi connectivity index (χ0) is 16.6. The molecule has 0 aromatic rings. The standard InChI is InChI=1S/C18H30N2O3/c1-18(2,3)23-17(22)19-10-8-14(9-11-19)20-15-7-5-4-6-13(15)12-16(20)21/h13-15H,4-12H2,1-3H3/t13-,15+/m1/s1. The Balaban J connectivity index is 1.56. The number of fused-ring (bicyclic) bond motifs is 1. The summed E-state index contributed by atoms with van der Waals surface area (Å²) in [7, 11) is 0. The highest BCUT2D eigenvalue weighted by atomic mass is 16.6. The Morgan fingerprint density at radius 2 is 1.74 bits per heavy atom. The third kappa shape index (κ3) is 3.64. The smallest absolute Gasteiger partial charge is 0.410 e. The number of hydrogen-bond donors (Lipinski definition) is 0. The van der Waals surface area contributed by atoms with Gasteiger partial charge in [-0.2, -0.15) is 0 Å². The van der Waals surface area contributed by atoms with Crippen molar-refractivity contribution in [1.82, 2.24) is 9.80 Å². The monoisotopic (exact) mass is 322 g/mol. The Hall–Kier alpha value is -1.26. The largest absolute Gasteiger partial charge is 0.444 e. The van der Waals surface area contributed by atoms with Gasteiger partial charge in [-0.3, -0.25) is 4.79 Å². The molecule has 5 nitrogen and oxygen atoms in total. The Labute approximate surface area is 139 Å². The lowest BCUT2D eigenvalue weighted by molar-refractivity contribution is -0.132. The van der Waals surface area contributed by atoms with Crippen molar-refractivity contribution >= 4 is 12.0 Å². The molecule has 2 saturated heterocycles. The summed E-state index contributed by atoms with van der Waals surface area (Å²) in [6, 6.07) is 0.781. The molecule has 2 aliphatic heterocycles. The molecular weight excluding hydrogens is 292 g/mol. The van der Waals surface area contributed by atoms with Gasteiger partial charge in [-0.1, -0.05) is 12.8 Å². The van der Waals surface area contributed by atoms with E-state index < -0.39 is 5.60 Å². The van der Waals surface area contributed by atoms with Gasteiger partial charge in [-0.25, -0.2) is 4.79 Å². The first-order valence-electron chi connectivity index (χ1n) is 9.14. The van der Waals surface area contributed by atoms with Crippen LogP contribution in [0.4, 0.5) is 4.79 Å². The van der Waals surface area contributed by atoms with Crippen molar-refractivity contribution in [2.75, 3.05) is 13.1 Å². The zero-order valence-corrected chi connectivity index (χ0v) is 14.7. The van der Waals surface area contributed by atoms with Crippen LogP contribution in [0.1, 0.15) is 65.7 Å². The molecule has 130 valence electrons. The van der Waals surface area contributed by atoms with Crippen LogP contribution in [0.25, 0.3) is 0 Å². The number of amides is 2. The summed E-state index contributed by atoms with van der Waals surface area (Å²) in [6.07, 6.45) is 7.20. The average molecular weight is 322 g/mol. The summed E-state index contributed by atoms with van der Waals surface area (Å²) in [5, 5.41) is 0. The van der Waals surface area contributed by atoms with Crippen molar-refractivity contribution in [1.29, 1.82) is 0 Å². The van der Waals surface area contributed by atoms with Crippen LogP contribution in [0.2, 0.25) is 0 Å². The molecule has 23 heavy (non-hydrogen) atoms. The molecule has 2 atom stereocenters. The molecule has 0 aromatic heterocycles. The lowest BCUT2D eigenvalue weighted by Crippen LogP contribution is -2.51. The van der Waals surface area contributed by atoms with Gasteiger partial charge in [0.25, 0.3) is 0 Å². The third-order valence-corrected chi connectivity index (χ3v) is 5.46. The molecule has 3 rings (SSSR count). The maximum absolute atomic E-state index is 12.5. The quantitative estimate of drug-likeness (QED) is 0.745. The van der Waals surface area contributed by atoms with Gasteiger partial charge in [0.1, 0.15) is 5.60 Å². The van der Waals surface area contributed by atoms with E-state index in [0.29, 0.717) is 37.0 Å². The van der Waals surface area contributed by atoms with Crippen LogP contribution in [0.3, 0.4) is 0 Å². The molecule has 1 saturated carbocycles. The molecule has 0 aromatic carbocycles. The summed E-state index contributed by atoms with van der Waals surface area (Å²) in [5.74, 6) is 0.928. The highest BCUT2D eigenvalue weighted by Crippen LogP contribution is 2.39. The topological polar surface area (TPSA) is 49.9 Å². The van der Waals surface area contributed by atoms with Crippen LogP contribution in [-0.4, -0.2) is 52.6 Å². The Morgan fingerprint density at radius 1 is 1.09 bits per heavy atom. The van der Waals surface area contributed by atoms with E-state index >= 15 is 0 Å². The number of likely N-dealkylation sites (tertiary alicyclic amines) is 2. The van der Waals surface area contributed by atoms with Crippen molar-refractivity contribution in [3.8, 4) is 0 Å². The Morgan fingerprint density at radius 3 is 2.39 bits per heavy atom. The maximum Gasteiger partial charge on any atom is 0.410 e. The third-order valence-electron chi connectivity index (χ3n) is 5.46. The number of piperidine rings is 1. The van der Waals surface area contributed by atoms with Crippen LogP contribution < -0.4 is 0 Å². The molecule has 0 unspecified atom stereocenters. The van der Waals surface area contributed by atoms with Crippen molar-refractivity contribution in [2.24, 2.45) is 5.92 Å². The SMILES string of the molecule is CC(C)(C)OC(=O)N1CCC(N2C(=O)C[C@H]3CCCC[C@@H]32)CC1. The highest BCUT2D eigenvalue weighted by molar-refractivity contribution is 5.80. The second-order valence-electron chi connectivity index (χ2n) is 8.32. The number of hydrogen-bond acceptors (Lipinski definition) is 3. The van der Waals surface area contributed by atoms with E-state index in [-0.39, 0.29) is 6.09 Å². The van der Waals surface area contributed by atoms with Crippen molar-refractivity contribution in [3.63, 3.8) is 0 Å². The minimum Gasteiger partial charge on any atom is -0.444 e. The second-order valence-corrected chi connectivity index (χ2v) is 8.32. The van der Waals surface area contributed by atoms with Crippen LogP contribution in [-0.2, 0) is 9.53 Å². The van der Waals surface area contributed by atoms with E-state index in [9.17, 15) is 9.59 Å². The normalized spacial score (nSPS) is 29.6. The lowest BCUT2D eigenvalue weighted by atomic mass is 9.84. The first-order valence-corrected chi connectivity index (χ1v) is 9.14. The fourth-order valence-electron chi connectivity index (χ4n) is 4.43. The van der Waals surface area contributed by atoms with E-state index in [1.54, 1.807) is 4.90 Å². The average Bonchev–Trinajstić information content (AvgIpc) is 2.81. The first-order chi connectivity index (χ1) is 10.8. The van der Waals surface area contributed by atoms with Crippen molar-refractivity contribution in [2.45, 2.75) is 83.4 Å². The molecule has 0 spiro atoms. The predicted octanol–water partition coefficient (Wildman–Crippen LogP) is 3.18. The molecule has 2 heterocycles. The molecular formula is C18H30N2O3.